The van der Waals surface area contributed by atoms with Crippen molar-refractivity contribution < 1.29 is 4.79 Å². The molecule has 0 atom stereocenters. The Labute approximate surface area is 109 Å². The molecule has 0 aliphatic rings. The number of amides is 1. The van der Waals surface area contributed by atoms with E-state index in [-0.39, 0.29) is 17.3 Å². The van der Waals surface area contributed by atoms with Crippen molar-refractivity contribution in [3.05, 3.63) is 27.7 Å². The van der Waals surface area contributed by atoms with Crippen molar-refractivity contribution in [3.63, 3.8) is 0 Å². The van der Waals surface area contributed by atoms with E-state index in [0.717, 1.165) is 21.3 Å². The number of hydrogen-bond donors (Lipinski definition) is 2. The lowest BCUT2D eigenvalue weighted by Crippen LogP contribution is -2.20. The molecular formula is C11H13BrN2OS. The molecule has 5 heteroatoms. The van der Waals surface area contributed by atoms with Gasteiger partial charge in [-0.3, -0.25) is 4.79 Å². The number of anilines is 1. The highest BCUT2D eigenvalue weighted by atomic mass is 79.9. The van der Waals surface area contributed by atoms with Gasteiger partial charge in [-0.05, 0) is 47.0 Å². The van der Waals surface area contributed by atoms with Gasteiger partial charge in [0.25, 0.3) is 0 Å². The van der Waals surface area contributed by atoms with Crippen LogP contribution in [0, 0.1) is 13.8 Å². The van der Waals surface area contributed by atoms with Crippen LogP contribution in [0.3, 0.4) is 0 Å². The summed E-state index contributed by atoms with van der Waals surface area (Å²) in [7, 11) is 0. The fourth-order valence-corrected chi connectivity index (χ4v) is 2.32. The van der Waals surface area contributed by atoms with Crippen LogP contribution in [0.2, 0.25) is 0 Å². The molecule has 0 aliphatic heterocycles. The molecule has 1 amide bonds. The number of nitrogens with one attached hydrogen (secondary N) is 1. The lowest BCUT2D eigenvalue weighted by molar-refractivity contribution is -0.115. The monoisotopic (exact) mass is 300 g/mol. The maximum atomic E-state index is 11.5. The highest BCUT2D eigenvalue weighted by Gasteiger charge is 2.09. The smallest absolute Gasteiger partial charge is 0.231 e. The van der Waals surface area contributed by atoms with E-state index in [1.165, 1.54) is 0 Å². The summed E-state index contributed by atoms with van der Waals surface area (Å²) in [5.74, 6) is -0.194. The standard InChI is InChI=1S/C11H13BrN2OS/c1-6-3-7(2)11(8(12)4-6)14-10(15)5-9(13)16/h3-4H,5H2,1-2H3,(H2,13,16)(H,14,15). The zero-order valence-electron chi connectivity index (χ0n) is 9.13. The predicted molar refractivity (Wildman–Crippen MR) is 73.6 cm³/mol. The summed E-state index contributed by atoms with van der Waals surface area (Å²) in [6.07, 6.45) is 0.0646. The normalized spacial score (nSPS) is 9.94. The Morgan fingerprint density at radius 3 is 2.62 bits per heavy atom. The van der Waals surface area contributed by atoms with Gasteiger partial charge >= 0.3 is 0 Å². The molecule has 0 radical (unpaired) electrons. The quantitative estimate of drug-likeness (QED) is 0.844. The second-order valence-electron chi connectivity index (χ2n) is 3.63. The molecule has 86 valence electrons. The van der Waals surface area contributed by atoms with Crippen molar-refractivity contribution in [1.29, 1.82) is 0 Å². The number of hydrogen-bond acceptors (Lipinski definition) is 2. The minimum absolute atomic E-state index is 0.0646. The maximum Gasteiger partial charge on any atom is 0.231 e. The maximum absolute atomic E-state index is 11.5. The number of carbonyl (C=O) groups excluding carboxylic acids is 1. The van der Waals surface area contributed by atoms with Crippen LogP contribution in [0.25, 0.3) is 0 Å². The predicted octanol–water partition coefficient (Wildman–Crippen LogP) is 2.68. The Kier molecular flexibility index (Phi) is 4.44. The molecule has 0 spiro atoms. The summed E-state index contributed by atoms with van der Waals surface area (Å²) in [5.41, 5.74) is 8.22. The fraction of sp³-hybridized carbons (Fsp3) is 0.273. The molecule has 0 aromatic heterocycles. The Morgan fingerprint density at radius 1 is 1.50 bits per heavy atom. The highest BCUT2D eigenvalue weighted by Crippen LogP contribution is 2.27. The molecule has 1 rings (SSSR count). The first kappa shape index (κ1) is 13.1. The molecule has 0 heterocycles. The summed E-state index contributed by atoms with van der Waals surface area (Å²) in [4.78, 5) is 11.7. The number of nitrogens with two attached hydrogens (primary N) is 1. The van der Waals surface area contributed by atoms with Gasteiger partial charge in [-0.2, -0.15) is 0 Å². The van der Waals surface area contributed by atoms with Crippen molar-refractivity contribution in [3.8, 4) is 0 Å². The molecule has 0 saturated carbocycles. The van der Waals surface area contributed by atoms with Crippen molar-refractivity contribution in [1.82, 2.24) is 0 Å². The Bertz CT molecular complexity index is 423. The highest BCUT2D eigenvalue weighted by molar-refractivity contribution is 9.10. The first-order valence-corrected chi connectivity index (χ1v) is 5.95. The molecule has 0 saturated heterocycles. The molecular weight excluding hydrogens is 288 g/mol. The van der Waals surface area contributed by atoms with E-state index < -0.39 is 0 Å². The van der Waals surface area contributed by atoms with E-state index in [1.54, 1.807) is 0 Å². The number of aryl methyl sites for hydroxylation is 2. The van der Waals surface area contributed by atoms with E-state index >= 15 is 0 Å². The Hall–Kier alpha value is -0.940. The van der Waals surface area contributed by atoms with Gasteiger partial charge in [0.05, 0.1) is 17.1 Å². The SMILES string of the molecule is Cc1cc(C)c(NC(=O)CC(N)=S)c(Br)c1. The van der Waals surface area contributed by atoms with Crippen LogP contribution < -0.4 is 11.1 Å². The third-order valence-corrected chi connectivity index (χ3v) is 2.80. The van der Waals surface area contributed by atoms with Crippen molar-refractivity contribution in [2.75, 3.05) is 5.32 Å². The summed E-state index contributed by atoms with van der Waals surface area (Å²) in [5, 5.41) is 2.78. The van der Waals surface area contributed by atoms with Gasteiger partial charge < -0.3 is 11.1 Å². The van der Waals surface area contributed by atoms with Crippen LogP contribution in [-0.4, -0.2) is 10.9 Å². The minimum atomic E-state index is -0.194. The third-order valence-electron chi connectivity index (χ3n) is 2.03. The van der Waals surface area contributed by atoms with Crippen LogP contribution in [0.5, 0.6) is 0 Å². The largest absolute Gasteiger partial charge is 0.393 e. The first-order valence-electron chi connectivity index (χ1n) is 4.75. The number of halogens is 1. The van der Waals surface area contributed by atoms with Gasteiger partial charge in [0, 0.05) is 4.47 Å². The molecule has 3 nitrogen and oxygen atoms in total. The van der Waals surface area contributed by atoms with Gasteiger partial charge in [0.1, 0.15) is 0 Å². The van der Waals surface area contributed by atoms with Gasteiger partial charge in [-0.1, -0.05) is 18.3 Å². The summed E-state index contributed by atoms with van der Waals surface area (Å²) >= 11 is 8.09. The molecule has 0 aliphatic carbocycles. The number of thiocarbonyl (C=S) groups is 1. The lowest BCUT2D eigenvalue weighted by atomic mass is 10.1. The molecule has 0 bridgehead atoms. The average molecular weight is 301 g/mol. The molecule has 0 fully saturated rings. The minimum Gasteiger partial charge on any atom is -0.393 e. The summed E-state index contributed by atoms with van der Waals surface area (Å²) < 4.78 is 0.862. The molecule has 1 aromatic rings. The summed E-state index contributed by atoms with van der Waals surface area (Å²) in [6.45, 7) is 3.94. The zero-order chi connectivity index (χ0) is 12.3. The van der Waals surface area contributed by atoms with Crippen LogP contribution in [0.15, 0.2) is 16.6 Å². The lowest BCUT2D eigenvalue weighted by Gasteiger charge is -2.11. The molecule has 16 heavy (non-hydrogen) atoms. The Morgan fingerprint density at radius 2 is 2.12 bits per heavy atom. The molecule has 1 aromatic carbocycles. The van der Waals surface area contributed by atoms with E-state index in [1.807, 2.05) is 26.0 Å². The van der Waals surface area contributed by atoms with E-state index in [2.05, 4.69) is 33.5 Å². The number of carbonyl (C=O) groups is 1. The topological polar surface area (TPSA) is 55.1 Å². The average Bonchev–Trinajstić information content (AvgIpc) is 2.09. The van der Waals surface area contributed by atoms with Gasteiger partial charge in [-0.15, -0.1) is 0 Å². The molecule has 0 unspecified atom stereocenters. The van der Waals surface area contributed by atoms with Crippen molar-refractivity contribution in [2.24, 2.45) is 5.73 Å². The van der Waals surface area contributed by atoms with Crippen molar-refractivity contribution in [2.45, 2.75) is 20.3 Å². The van der Waals surface area contributed by atoms with Crippen LogP contribution in [0.1, 0.15) is 17.5 Å². The Balaban J connectivity index is 2.89. The van der Waals surface area contributed by atoms with E-state index in [4.69, 9.17) is 5.73 Å². The molecule has 3 N–H and O–H groups in total. The van der Waals surface area contributed by atoms with Crippen molar-refractivity contribution >= 4 is 44.7 Å². The second-order valence-corrected chi connectivity index (χ2v) is 5.01. The number of benzene rings is 1. The van der Waals surface area contributed by atoms with E-state index in [0.29, 0.717) is 0 Å². The van der Waals surface area contributed by atoms with E-state index in [9.17, 15) is 4.79 Å². The number of rotatable bonds is 3. The van der Waals surface area contributed by atoms with Crippen LogP contribution >= 0.6 is 28.1 Å². The fourth-order valence-electron chi connectivity index (χ4n) is 1.42. The summed E-state index contributed by atoms with van der Waals surface area (Å²) in [6, 6.07) is 3.95. The van der Waals surface area contributed by atoms with Crippen LogP contribution in [0.4, 0.5) is 5.69 Å². The van der Waals surface area contributed by atoms with Gasteiger partial charge in [0.15, 0.2) is 0 Å². The van der Waals surface area contributed by atoms with Gasteiger partial charge in [-0.25, -0.2) is 0 Å². The van der Waals surface area contributed by atoms with Crippen LogP contribution in [-0.2, 0) is 4.79 Å². The zero-order valence-corrected chi connectivity index (χ0v) is 11.5. The van der Waals surface area contributed by atoms with Gasteiger partial charge in [0.2, 0.25) is 5.91 Å². The third kappa shape index (κ3) is 3.57. The second kappa shape index (κ2) is 5.41. The first-order chi connectivity index (χ1) is 7.40.